The van der Waals surface area contributed by atoms with Gasteiger partial charge in [0.25, 0.3) is 0 Å². The number of ether oxygens (including phenoxy) is 2. The Morgan fingerprint density at radius 1 is 1.04 bits per heavy atom. The number of Topliss-reactive ketones (excluding diaryl/α,β-unsaturated/α-hetero) is 1. The number of ketones is 1. The molecule has 0 aromatic heterocycles. The maximum absolute atomic E-state index is 12.6. The van der Waals surface area contributed by atoms with E-state index < -0.39 is 17.1 Å². The van der Waals surface area contributed by atoms with Gasteiger partial charge in [-0.15, -0.1) is 0 Å². The standard InChI is InChI=1S/C21H28N2O5/c1-20(2,3)28-19(26)23-13-17(24)21(15-23)9-11-22(12-10-21)18(25)27-14-16-7-5-4-6-8-16/h4-8H,9-15H2,1-3H3. The van der Waals surface area contributed by atoms with Crippen molar-refractivity contribution >= 4 is 18.0 Å². The summed E-state index contributed by atoms with van der Waals surface area (Å²) in [5.41, 5.74) is -0.238. The van der Waals surface area contributed by atoms with Crippen molar-refractivity contribution in [1.29, 1.82) is 0 Å². The lowest BCUT2D eigenvalue weighted by Crippen LogP contribution is -2.47. The van der Waals surface area contributed by atoms with E-state index in [4.69, 9.17) is 9.47 Å². The molecule has 2 amide bonds. The summed E-state index contributed by atoms with van der Waals surface area (Å²) < 4.78 is 10.8. The third kappa shape index (κ3) is 4.64. The van der Waals surface area contributed by atoms with Crippen LogP contribution in [0.25, 0.3) is 0 Å². The molecule has 0 N–H and O–H groups in total. The zero-order valence-electron chi connectivity index (χ0n) is 16.8. The summed E-state index contributed by atoms with van der Waals surface area (Å²) in [7, 11) is 0. The van der Waals surface area contributed by atoms with Gasteiger partial charge in [-0.05, 0) is 39.2 Å². The van der Waals surface area contributed by atoms with Gasteiger partial charge in [0.1, 0.15) is 12.2 Å². The van der Waals surface area contributed by atoms with Gasteiger partial charge in [0, 0.05) is 19.6 Å². The van der Waals surface area contributed by atoms with Crippen LogP contribution in [0.4, 0.5) is 9.59 Å². The highest BCUT2D eigenvalue weighted by Crippen LogP contribution is 2.38. The van der Waals surface area contributed by atoms with Crippen molar-refractivity contribution in [3.63, 3.8) is 0 Å². The second kappa shape index (κ2) is 7.81. The first-order valence-electron chi connectivity index (χ1n) is 9.65. The van der Waals surface area contributed by atoms with E-state index in [0.717, 1.165) is 5.56 Å². The van der Waals surface area contributed by atoms with Crippen molar-refractivity contribution in [2.24, 2.45) is 5.41 Å². The van der Waals surface area contributed by atoms with Gasteiger partial charge in [-0.25, -0.2) is 9.59 Å². The maximum atomic E-state index is 12.6. The molecule has 7 heteroatoms. The first kappa shape index (κ1) is 20.2. The molecule has 2 aliphatic heterocycles. The second-order valence-corrected chi connectivity index (χ2v) is 8.57. The Hall–Kier alpha value is -2.57. The van der Waals surface area contributed by atoms with Crippen LogP contribution in [-0.2, 0) is 20.9 Å². The molecule has 0 aliphatic carbocycles. The lowest BCUT2D eigenvalue weighted by Gasteiger charge is -2.37. The fourth-order valence-electron chi connectivity index (χ4n) is 3.67. The van der Waals surface area contributed by atoms with Crippen molar-refractivity contribution < 1.29 is 23.9 Å². The molecule has 2 fully saturated rings. The number of nitrogens with zero attached hydrogens (tertiary/aromatic N) is 2. The van der Waals surface area contributed by atoms with Crippen LogP contribution in [0.2, 0.25) is 0 Å². The summed E-state index contributed by atoms with van der Waals surface area (Å²) in [6, 6.07) is 9.52. The predicted molar refractivity (Wildman–Crippen MR) is 103 cm³/mol. The molecule has 0 bridgehead atoms. The van der Waals surface area contributed by atoms with E-state index in [1.165, 1.54) is 4.90 Å². The van der Waals surface area contributed by atoms with E-state index in [1.807, 2.05) is 30.3 Å². The van der Waals surface area contributed by atoms with E-state index in [9.17, 15) is 14.4 Å². The molecular weight excluding hydrogens is 360 g/mol. The fraction of sp³-hybridized carbons (Fsp3) is 0.571. The molecule has 0 unspecified atom stereocenters. The van der Waals surface area contributed by atoms with Gasteiger partial charge in [0.05, 0.1) is 12.0 Å². The van der Waals surface area contributed by atoms with Crippen LogP contribution in [-0.4, -0.2) is 59.5 Å². The molecule has 1 aromatic rings. The zero-order valence-corrected chi connectivity index (χ0v) is 16.8. The minimum atomic E-state index is -0.595. The Morgan fingerprint density at radius 2 is 1.68 bits per heavy atom. The van der Waals surface area contributed by atoms with Crippen LogP contribution >= 0.6 is 0 Å². The minimum Gasteiger partial charge on any atom is -0.445 e. The molecule has 1 aromatic carbocycles. The van der Waals surface area contributed by atoms with Gasteiger partial charge in [-0.2, -0.15) is 0 Å². The number of amides is 2. The second-order valence-electron chi connectivity index (χ2n) is 8.57. The molecule has 7 nitrogen and oxygen atoms in total. The Morgan fingerprint density at radius 3 is 2.29 bits per heavy atom. The first-order chi connectivity index (χ1) is 13.2. The summed E-state index contributed by atoms with van der Waals surface area (Å²) in [6.07, 6.45) is 0.243. The van der Waals surface area contributed by atoms with E-state index in [-0.39, 0.29) is 25.0 Å². The van der Waals surface area contributed by atoms with Crippen molar-refractivity contribution in [1.82, 2.24) is 9.80 Å². The number of hydrogen-bond donors (Lipinski definition) is 0. The first-order valence-corrected chi connectivity index (χ1v) is 9.65. The van der Waals surface area contributed by atoms with Crippen LogP contribution in [0.1, 0.15) is 39.2 Å². The molecule has 0 radical (unpaired) electrons. The quantitative estimate of drug-likeness (QED) is 0.777. The molecule has 3 rings (SSSR count). The highest BCUT2D eigenvalue weighted by atomic mass is 16.6. The average molecular weight is 388 g/mol. The Kier molecular flexibility index (Phi) is 5.63. The van der Waals surface area contributed by atoms with Crippen molar-refractivity contribution in [3.8, 4) is 0 Å². The van der Waals surface area contributed by atoms with E-state index in [1.54, 1.807) is 25.7 Å². The number of hydrogen-bond acceptors (Lipinski definition) is 5. The number of piperidine rings is 1. The van der Waals surface area contributed by atoms with Crippen molar-refractivity contribution in [2.75, 3.05) is 26.2 Å². The molecule has 2 heterocycles. The molecule has 2 saturated heterocycles. The van der Waals surface area contributed by atoms with Crippen LogP contribution in [0.3, 0.4) is 0 Å². The van der Waals surface area contributed by atoms with Crippen LogP contribution < -0.4 is 0 Å². The van der Waals surface area contributed by atoms with Crippen LogP contribution in [0.5, 0.6) is 0 Å². The molecule has 0 saturated carbocycles. The van der Waals surface area contributed by atoms with Gasteiger partial charge in [-0.1, -0.05) is 30.3 Å². The van der Waals surface area contributed by atoms with E-state index in [0.29, 0.717) is 32.5 Å². The minimum absolute atomic E-state index is 0.0515. The number of likely N-dealkylation sites (tertiary alicyclic amines) is 2. The van der Waals surface area contributed by atoms with Gasteiger partial charge in [-0.3, -0.25) is 9.69 Å². The van der Waals surface area contributed by atoms with E-state index in [2.05, 4.69) is 0 Å². The molecule has 152 valence electrons. The molecule has 28 heavy (non-hydrogen) atoms. The highest BCUT2D eigenvalue weighted by molar-refractivity contribution is 5.93. The molecule has 2 aliphatic rings. The number of benzene rings is 1. The summed E-state index contributed by atoms with van der Waals surface area (Å²) in [4.78, 5) is 40.4. The van der Waals surface area contributed by atoms with Gasteiger partial charge < -0.3 is 14.4 Å². The summed E-state index contributed by atoms with van der Waals surface area (Å²) in [5.74, 6) is 0.0515. The van der Waals surface area contributed by atoms with Gasteiger partial charge in [0.15, 0.2) is 5.78 Å². The van der Waals surface area contributed by atoms with Gasteiger partial charge in [0.2, 0.25) is 0 Å². The topological polar surface area (TPSA) is 76.2 Å². The SMILES string of the molecule is CC(C)(C)OC(=O)N1CC(=O)C2(CCN(C(=O)OCc3ccccc3)CC2)C1. The summed E-state index contributed by atoms with van der Waals surface area (Å²) in [6.45, 7) is 6.96. The van der Waals surface area contributed by atoms with Crippen LogP contribution in [0.15, 0.2) is 30.3 Å². The highest BCUT2D eigenvalue weighted by Gasteiger charge is 2.50. The van der Waals surface area contributed by atoms with Crippen molar-refractivity contribution in [2.45, 2.75) is 45.8 Å². The fourth-order valence-corrected chi connectivity index (χ4v) is 3.67. The zero-order chi connectivity index (χ0) is 20.4. The normalized spacial score (nSPS) is 19.0. The smallest absolute Gasteiger partial charge is 0.410 e. The molecule has 0 atom stereocenters. The number of carbonyl (C=O) groups is 3. The number of rotatable bonds is 2. The Labute approximate surface area is 165 Å². The average Bonchev–Trinajstić information content (AvgIpc) is 2.96. The van der Waals surface area contributed by atoms with E-state index >= 15 is 0 Å². The monoisotopic (exact) mass is 388 g/mol. The Bertz CT molecular complexity index is 733. The molecule has 1 spiro atoms. The third-order valence-corrected chi connectivity index (χ3v) is 5.26. The third-order valence-electron chi connectivity index (χ3n) is 5.26. The summed E-state index contributed by atoms with van der Waals surface area (Å²) in [5, 5.41) is 0. The Balaban J connectivity index is 1.52. The van der Waals surface area contributed by atoms with Crippen LogP contribution in [0, 0.1) is 5.41 Å². The predicted octanol–water partition coefficient (Wildman–Crippen LogP) is 3.23. The lowest BCUT2D eigenvalue weighted by atomic mass is 9.77. The molecular formula is C21H28N2O5. The van der Waals surface area contributed by atoms with Crippen molar-refractivity contribution in [3.05, 3.63) is 35.9 Å². The maximum Gasteiger partial charge on any atom is 0.410 e. The van der Waals surface area contributed by atoms with Gasteiger partial charge >= 0.3 is 12.2 Å². The lowest BCUT2D eigenvalue weighted by molar-refractivity contribution is -0.126. The number of carbonyl (C=O) groups excluding carboxylic acids is 3. The summed E-state index contributed by atoms with van der Waals surface area (Å²) >= 11 is 0. The largest absolute Gasteiger partial charge is 0.445 e.